The van der Waals surface area contributed by atoms with Crippen LogP contribution in [0.15, 0.2) is 78.2 Å². The number of ketones is 1. The summed E-state index contributed by atoms with van der Waals surface area (Å²) in [6.45, 7) is 0. The van der Waals surface area contributed by atoms with Gasteiger partial charge in [-0.05, 0) is 72.1 Å². The van der Waals surface area contributed by atoms with E-state index in [1.807, 2.05) is 35.7 Å². The summed E-state index contributed by atoms with van der Waals surface area (Å²) in [5, 5.41) is 6.40. The predicted molar refractivity (Wildman–Crippen MR) is 152 cm³/mol. The minimum Gasteiger partial charge on any atom is -0.397 e. The molecular weight excluding hydrogens is 533 g/mol. The molecule has 3 heterocycles. The van der Waals surface area contributed by atoms with Crippen molar-refractivity contribution in [2.45, 2.75) is 0 Å². The van der Waals surface area contributed by atoms with Gasteiger partial charge in [-0.25, -0.2) is 4.98 Å². The first-order chi connectivity index (χ1) is 17.4. The first kappa shape index (κ1) is 24.2. The number of hydrogen-bond donors (Lipinski definition) is 2. The lowest BCUT2D eigenvalue weighted by Crippen LogP contribution is -2.12. The molecule has 0 spiro atoms. The van der Waals surface area contributed by atoms with E-state index in [0.717, 1.165) is 10.4 Å². The molecule has 5 aromatic rings. The van der Waals surface area contributed by atoms with E-state index in [2.05, 4.69) is 10.3 Å². The summed E-state index contributed by atoms with van der Waals surface area (Å²) in [5.74, 6) is -0.456. The molecule has 0 radical (unpaired) electrons. The highest BCUT2D eigenvalue weighted by Gasteiger charge is 2.18. The summed E-state index contributed by atoms with van der Waals surface area (Å²) in [5.41, 5.74) is 9.24. The number of benzene rings is 2. The number of pyridine rings is 1. The number of nitrogens with zero attached hydrogens (tertiary/aromatic N) is 1. The van der Waals surface area contributed by atoms with Gasteiger partial charge in [0, 0.05) is 27.1 Å². The normalized spacial score (nSPS) is 11.3. The molecule has 0 saturated carbocycles. The molecule has 0 aliphatic heterocycles. The molecule has 2 aromatic carbocycles. The van der Waals surface area contributed by atoms with Crippen LogP contribution in [0.5, 0.6) is 0 Å². The van der Waals surface area contributed by atoms with Gasteiger partial charge < -0.3 is 11.1 Å². The zero-order chi connectivity index (χ0) is 25.2. The summed E-state index contributed by atoms with van der Waals surface area (Å²) in [6.07, 6.45) is 3.32. The van der Waals surface area contributed by atoms with E-state index in [1.165, 1.54) is 17.4 Å². The number of carbonyl (C=O) groups excluding carboxylic acids is 2. The number of nitrogens with two attached hydrogens (primary N) is 1. The number of amides is 1. The molecule has 0 unspecified atom stereocenters. The molecule has 0 aliphatic rings. The van der Waals surface area contributed by atoms with Crippen LogP contribution in [-0.4, -0.2) is 16.7 Å². The van der Waals surface area contributed by atoms with Gasteiger partial charge in [0.2, 0.25) is 0 Å². The summed E-state index contributed by atoms with van der Waals surface area (Å²) in [4.78, 5) is 32.1. The Morgan fingerprint density at radius 2 is 1.78 bits per heavy atom. The number of halogens is 2. The minimum absolute atomic E-state index is 0.112. The third kappa shape index (κ3) is 5.05. The molecule has 1 amide bonds. The van der Waals surface area contributed by atoms with E-state index in [1.54, 1.807) is 53.8 Å². The second-order valence-corrected chi connectivity index (χ2v) is 10.6. The van der Waals surface area contributed by atoms with Gasteiger partial charge in [-0.3, -0.25) is 9.59 Å². The van der Waals surface area contributed by atoms with Crippen molar-refractivity contribution in [1.82, 2.24) is 4.98 Å². The number of allylic oxidation sites excluding steroid dienone is 1. The van der Waals surface area contributed by atoms with E-state index in [4.69, 9.17) is 28.9 Å². The third-order valence-corrected chi connectivity index (χ3v) is 8.08. The van der Waals surface area contributed by atoms with Gasteiger partial charge in [0.25, 0.3) is 5.91 Å². The lowest BCUT2D eigenvalue weighted by molar-refractivity contribution is 0.102. The second-order valence-electron chi connectivity index (χ2n) is 7.77. The average molecular weight is 550 g/mol. The van der Waals surface area contributed by atoms with Crippen LogP contribution in [0.3, 0.4) is 0 Å². The summed E-state index contributed by atoms with van der Waals surface area (Å²) < 4.78 is 0. The molecule has 0 saturated heterocycles. The van der Waals surface area contributed by atoms with Gasteiger partial charge in [-0.2, -0.15) is 0 Å². The number of hydrogen-bond acceptors (Lipinski definition) is 6. The van der Waals surface area contributed by atoms with E-state index in [9.17, 15) is 9.59 Å². The number of thiophene rings is 2. The van der Waals surface area contributed by atoms with Crippen molar-refractivity contribution in [2.24, 2.45) is 0 Å². The Morgan fingerprint density at radius 1 is 0.972 bits per heavy atom. The zero-order valence-electron chi connectivity index (χ0n) is 18.5. The predicted octanol–water partition coefficient (Wildman–Crippen LogP) is 8.06. The van der Waals surface area contributed by atoms with Crippen molar-refractivity contribution >= 4 is 85.2 Å². The molecule has 5 nitrogen and oxygen atoms in total. The highest BCUT2D eigenvalue weighted by molar-refractivity contribution is 7.21. The maximum absolute atomic E-state index is 13.0. The van der Waals surface area contributed by atoms with Gasteiger partial charge in [0.15, 0.2) is 5.78 Å². The van der Waals surface area contributed by atoms with Crippen molar-refractivity contribution in [3.8, 4) is 11.3 Å². The van der Waals surface area contributed by atoms with Gasteiger partial charge in [-0.15, -0.1) is 22.7 Å². The molecule has 36 heavy (non-hydrogen) atoms. The molecule has 3 N–H and O–H groups in total. The number of carbonyl (C=O) groups is 2. The van der Waals surface area contributed by atoms with Gasteiger partial charge in [0.05, 0.1) is 21.4 Å². The monoisotopic (exact) mass is 549 g/mol. The first-order valence-electron chi connectivity index (χ1n) is 10.7. The molecule has 0 atom stereocenters. The molecule has 5 rings (SSSR count). The third-order valence-electron chi connectivity index (χ3n) is 5.38. The van der Waals surface area contributed by atoms with Crippen LogP contribution >= 0.6 is 45.9 Å². The van der Waals surface area contributed by atoms with Crippen molar-refractivity contribution in [1.29, 1.82) is 0 Å². The molecule has 0 aliphatic carbocycles. The van der Waals surface area contributed by atoms with Crippen LogP contribution < -0.4 is 11.1 Å². The number of fused-ring (bicyclic) bond motifs is 1. The minimum atomic E-state index is -0.344. The largest absolute Gasteiger partial charge is 0.397 e. The van der Waals surface area contributed by atoms with Crippen LogP contribution in [0.1, 0.15) is 24.9 Å². The summed E-state index contributed by atoms with van der Waals surface area (Å²) in [7, 11) is 0. The molecule has 9 heteroatoms. The van der Waals surface area contributed by atoms with Crippen LogP contribution in [0, 0.1) is 0 Å². The highest BCUT2D eigenvalue weighted by atomic mass is 35.5. The second kappa shape index (κ2) is 10.2. The fourth-order valence-corrected chi connectivity index (χ4v) is 5.43. The number of aromatic nitrogens is 1. The van der Waals surface area contributed by atoms with Crippen molar-refractivity contribution in [3.63, 3.8) is 0 Å². The molecule has 3 aromatic heterocycles. The average Bonchev–Trinajstić information content (AvgIpc) is 3.52. The van der Waals surface area contributed by atoms with E-state index in [-0.39, 0.29) is 11.7 Å². The Morgan fingerprint density at radius 3 is 2.50 bits per heavy atom. The molecule has 178 valence electrons. The fourth-order valence-electron chi connectivity index (χ4n) is 3.53. The maximum Gasteiger partial charge on any atom is 0.267 e. The first-order valence-corrected chi connectivity index (χ1v) is 13.2. The summed E-state index contributed by atoms with van der Waals surface area (Å²) in [6, 6.07) is 19.6. The summed E-state index contributed by atoms with van der Waals surface area (Å²) >= 11 is 14.9. The lowest BCUT2D eigenvalue weighted by Gasteiger charge is -2.05. The van der Waals surface area contributed by atoms with Gasteiger partial charge in [-0.1, -0.05) is 35.3 Å². The van der Waals surface area contributed by atoms with Crippen LogP contribution in [0.2, 0.25) is 10.0 Å². The highest BCUT2D eigenvalue weighted by Crippen LogP contribution is 2.35. The van der Waals surface area contributed by atoms with Gasteiger partial charge >= 0.3 is 0 Å². The zero-order valence-corrected chi connectivity index (χ0v) is 21.6. The van der Waals surface area contributed by atoms with Gasteiger partial charge in [0.1, 0.15) is 9.71 Å². The van der Waals surface area contributed by atoms with Crippen LogP contribution in [0.25, 0.3) is 27.6 Å². The topological polar surface area (TPSA) is 85.1 Å². The van der Waals surface area contributed by atoms with E-state index in [0.29, 0.717) is 47.8 Å². The van der Waals surface area contributed by atoms with Crippen LogP contribution in [-0.2, 0) is 0 Å². The van der Waals surface area contributed by atoms with Crippen molar-refractivity contribution in [2.75, 3.05) is 11.1 Å². The number of anilines is 2. The van der Waals surface area contributed by atoms with Crippen LogP contribution in [0.4, 0.5) is 11.4 Å². The Hall–Kier alpha value is -3.49. The lowest BCUT2D eigenvalue weighted by atomic mass is 10.1. The van der Waals surface area contributed by atoms with Crippen molar-refractivity contribution in [3.05, 3.63) is 104 Å². The van der Waals surface area contributed by atoms with Crippen molar-refractivity contribution < 1.29 is 9.59 Å². The smallest absolute Gasteiger partial charge is 0.267 e. The maximum atomic E-state index is 13.0. The number of nitrogens with one attached hydrogen (secondary N) is 1. The van der Waals surface area contributed by atoms with E-state index >= 15 is 0 Å². The SMILES string of the molecule is Nc1c(C(=O)Nc2ccc(C(=O)C=Cc3cccs3)cc2)sc2nc(-c3ccc(Cl)c(Cl)c3)ccc12. The Balaban J connectivity index is 1.33. The van der Waals surface area contributed by atoms with E-state index < -0.39 is 0 Å². The number of nitrogen functional groups attached to an aromatic ring is 1. The standard InChI is InChI=1S/C27H17Cl2N3O2S2/c28-20-10-5-16(14-21(20)29)22-11-9-19-24(30)25(36-27(19)32-22)26(34)31-17-6-3-15(4-7-17)23(33)12-8-18-2-1-13-35-18/h1-14H,30H2,(H,31,34). The molecule has 0 fully saturated rings. The molecule has 0 bridgehead atoms. The Labute approximate surface area is 224 Å². The fraction of sp³-hybridized carbons (Fsp3) is 0. The Bertz CT molecular complexity index is 1630. The Kier molecular flexibility index (Phi) is 6.89. The quantitative estimate of drug-likeness (QED) is 0.165. The number of rotatable bonds is 6. The molecular formula is C27H17Cl2N3O2S2.